The summed E-state index contributed by atoms with van der Waals surface area (Å²) in [6.07, 6.45) is 0. The molecule has 0 aliphatic carbocycles. The molecule has 0 atom stereocenters. The molecular weight excluding hydrogens is 337 g/mol. The van der Waals surface area contributed by atoms with Crippen molar-refractivity contribution in [2.75, 3.05) is 0 Å². The molecule has 0 aromatic heterocycles. The first-order valence-electron chi connectivity index (χ1n) is 0.667. The van der Waals surface area contributed by atoms with Crippen molar-refractivity contribution in [3.8, 4) is 0 Å². The molecule has 81 valence electrons. The monoisotopic (exact) mass is 339 g/mol. The van der Waals surface area contributed by atoms with Crippen molar-refractivity contribution >= 4 is 72.4 Å². The molecule has 0 amide bonds. The summed E-state index contributed by atoms with van der Waals surface area (Å²) in [5.74, 6) is 0. The van der Waals surface area contributed by atoms with Crippen molar-refractivity contribution in [2.24, 2.45) is 0 Å². The maximum atomic E-state index is 8.52. The Labute approximate surface area is 106 Å². The van der Waals surface area contributed by atoms with Gasteiger partial charge < -0.3 is 9.11 Å². The largest absolute Gasteiger partial charge is 2.00 e. The summed E-state index contributed by atoms with van der Waals surface area (Å²) in [5.41, 5.74) is 0. The molecule has 0 unspecified atom stereocenters. The average molecular weight is 342 g/mol. The maximum Gasteiger partial charge on any atom is 2.00 e. The van der Waals surface area contributed by atoms with E-state index in [4.69, 9.17) is 17.5 Å². The molecule has 0 bridgehead atoms. The SMILES string of the molecule is Cl.Cl.Cl.Cl.Cl.O=S(=O)([O-])[O-].[Cu+2]. The molecule has 0 aromatic rings. The standard InChI is InChI=1S/5ClH.Cu.H2O4S/c;;;;;;1-5(2,3)4/h5*1H;;(H2,1,2,3,4)/q;;;;;+2;/p-2. The van der Waals surface area contributed by atoms with Gasteiger partial charge in [-0.2, -0.15) is 0 Å². The Morgan fingerprint density at radius 2 is 0.727 bits per heavy atom. The molecule has 11 heteroatoms. The zero-order valence-corrected chi connectivity index (χ0v) is 10.2. The molecular formula is H5Cl5CuO4S. The van der Waals surface area contributed by atoms with Crippen LogP contribution in [0, 0.1) is 0 Å². The Kier molecular flexibility index (Phi) is 109. The summed E-state index contributed by atoms with van der Waals surface area (Å²) in [7, 11) is -5.17. The van der Waals surface area contributed by atoms with Crippen LogP contribution in [0.4, 0.5) is 0 Å². The summed E-state index contributed by atoms with van der Waals surface area (Å²) in [6.45, 7) is 0. The summed E-state index contributed by atoms with van der Waals surface area (Å²) in [6, 6.07) is 0. The average Bonchev–Trinajstić information content (AvgIpc) is 0.722. The van der Waals surface area contributed by atoms with Crippen molar-refractivity contribution in [1.82, 2.24) is 0 Å². The third-order valence-corrected chi connectivity index (χ3v) is 0. The second-order valence-corrected chi connectivity index (χ2v) is 1.22. The van der Waals surface area contributed by atoms with E-state index in [2.05, 4.69) is 0 Å². The van der Waals surface area contributed by atoms with Crippen LogP contribution in [0.2, 0.25) is 0 Å². The normalized spacial score (nSPS) is 5.27. The third kappa shape index (κ3) is 339. The van der Waals surface area contributed by atoms with Gasteiger partial charge >= 0.3 is 17.1 Å². The second kappa shape index (κ2) is 22.6. The quantitative estimate of drug-likeness (QED) is 0.370. The van der Waals surface area contributed by atoms with E-state index in [0.717, 1.165) is 0 Å². The zero-order valence-electron chi connectivity index (χ0n) is 4.38. The fourth-order valence-electron chi connectivity index (χ4n) is 0. The molecule has 0 saturated carbocycles. The first-order valence-corrected chi connectivity index (χ1v) is 2.00. The predicted molar refractivity (Wildman–Crippen MR) is 46.7 cm³/mol. The van der Waals surface area contributed by atoms with E-state index >= 15 is 0 Å². The number of rotatable bonds is 0. The Morgan fingerprint density at radius 1 is 0.727 bits per heavy atom. The summed E-state index contributed by atoms with van der Waals surface area (Å²) in [5, 5.41) is 0. The van der Waals surface area contributed by atoms with Crippen molar-refractivity contribution in [3.05, 3.63) is 0 Å². The molecule has 0 N–H and O–H groups in total. The molecule has 0 rings (SSSR count). The van der Waals surface area contributed by atoms with Crippen molar-refractivity contribution in [1.29, 1.82) is 0 Å². The van der Waals surface area contributed by atoms with E-state index in [1.54, 1.807) is 0 Å². The molecule has 0 saturated heterocycles. The van der Waals surface area contributed by atoms with Crippen LogP contribution in [0.5, 0.6) is 0 Å². The van der Waals surface area contributed by atoms with E-state index in [1.807, 2.05) is 0 Å². The van der Waals surface area contributed by atoms with Crippen molar-refractivity contribution in [3.63, 3.8) is 0 Å². The molecule has 1 radical (unpaired) electrons. The fraction of sp³-hybridized carbons (Fsp3) is 0. The van der Waals surface area contributed by atoms with Gasteiger partial charge in [0.2, 0.25) is 0 Å². The summed E-state index contributed by atoms with van der Waals surface area (Å²) < 4.78 is 34.1. The van der Waals surface area contributed by atoms with Gasteiger partial charge in [0.15, 0.2) is 0 Å². The van der Waals surface area contributed by atoms with Crippen LogP contribution in [-0.4, -0.2) is 17.5 Å². The molecule has 0 aliphatic rings. The molecule has 0 spiro atoms. The predicted octanol–water partition coefficient (Wildman–Crippen LogP) is 0.768. The Balaban J connectivity index is -0.00000000533. The van der Waals surface area contributed by atoms with Gasteiger partial charge in [-0.3, -0.25) is 8.42 Å². The van der Waals surface area contributed by atoms with Gasteiger partial charge in [-0.15, -0.1) is 62.0 Å². The third-order valence-electron chi connectivity index (χ3n) is 0. The topological polar surface area (TPSA) is 80.3 Å². The van der Waals surface area contributed by atoms with Gasteiger partial charge in [-0.25, -0.2) is 0 Å². The van der Waals surface area contributed by atoms with Crippen molar-refractivity contribution in [2.45, 2.75) is 0 Å². The number of halogens is 5. The summed E-state index contributed by atoms with van der Waals surface area (Å²) in [4.78, 5) is 0. The van der Waals surface area contributed by atoms with Crippen molar-refractivity contribution < 1.29 is 34.6 Å². The van der Waals surface area contributed by atoms with Gasteiger partial charge in [-0.05, 0) is 0 Å². The minimum Gasteiger partial charge on any atom is -0.759 e. The van der Waals surface area contributed by atoms with Crippen LogP contribution in [-0.2, 0) is 27.5 Å². The Morgan fingerprint density at radius 3 is 0.727 bits per heavy atom. The van der Waals surface area contributed by atoms with E-state index in [0.29, 0.717) is 0 Å². The first-order chi connectivity index (χ1) is 2.00. The minimum absolute atomic E-state index is 0. The van der Waals surface area contributed by atoms with Gasteiger partial charge in [-0.1, -0.05) is 0 Å². The zero-order chi connectivity index (χ0) is 4.50. The molecule has 0 fully saturated rings. The smallest absolute Gasteiger partial charge is 0.759 e. The molecule has 4 nitrogen and oxygen atoms in total. The van der Waals surface area contributed by atoms with Gasteiger partial charge in [0.05, 0.1) is 0 Å². The second-order valence-electron chi connectivity index (χ2n) is 0.408. The van der Waals surface area contributed by atoms with E-state index in [1.165, 1.54) is 0 Å². The van der Waals surface area contributed by atoms with E-state index in [9.17, 15) is 0 Å². The first kappa shape index (κ1) is 52.8. The van der Waals surface area contributed by atoms with Crippen LogP contribution in [0.25, 0.3) is 0 Å². The molecule has 11 heavy (non-hydrogen) atoms. The van der Waals surface area contributed by atoms with Crippen LogP contribution < -0.4 is 0 Å². The van der Waals surface area contributed by atoms with Gasteiger partial charge in [0.1, 0.15) is 0 Å². The number of hydrogen-bond acceptors (Lipinski definition) is 4. The van der Waals surface area contributed by atoms with Gasteiger partial charge in [0.25, 0.3) is 0 Å². The molecule has 0 aromatic carbocycles. The molecule has 0 heterocycles. The minimum atomic E-state index is -5.17. The van der Waals surface area contributed by atoms with Crippen LogP contribution >= 0.6 is 62.0 Å². The number of hydrogen-bond donors (Lipinski definition) is 0. The summed E-state index contributed by atoms with van der Waals surface area (Å²) >= 11 is 0. The Hall–Kier alpha value is 1.84. The maximum absolute atomic E-state index is 8.52. The van der Waals surface area contributed by atoms with Crippen LogP contribution in [0.15, 0.2) is 0 Å². The van der Waals surface area contributed by atoms with E-state index < -0.39 is 10.4 Å². The van der Waals surface area contributed by atoms with E-state index in [-0.39, 0.29) is 79.1 Å². The van der Waals surface area contributed by atoms with Gasteiger partial charge in [0, 0.05) is 10.4 Å². The Bertz CT molecular complexity index is 102. The molecule has 0 aliphatic heterocycles. The van der Waals surface area contributed by atoms with Crippen LogP contribution in [0.3, 0.4) is 0 Å². The fourth-order valence-corrected chi connectivity index (χ4v) is 0. The van der Waals surface area contributed by atoms with Crippen LogP contribution in [0.1, 0.15) is 0 Å².